The van der Waals surface area contributed by atoms with E-state index < -0.39 is 0 Å². The molecule has 42 heavy (non-hydrogen) atoms. The van der Waals surface area contributed by atoms with Crippen molar-refractivity contribution in [3.05, 3.63) is 80.1 Å². The van der Waals surface area contributed by atoms with Gasteiger partial charge in [0.25, 0.3) is 0 Å². The van der Waals surface area contributed by atoms with Gasteiger partial charge in [-0.05, 0) is 60.7 Å². The van der Waals surface area contributed by atoms with Crippen LogP contribution in [0.5, 0.6) is 0 Å². The van der Waals surface area contributed by atoms with E-state index in [9.17, 15) is 0 Å². The van der Waals surface area contributed by atoms with Crippen molar-refractivity contribution in [3.8, 4) is 0 Å². The standard InChI is InChI=1S/C38H46N4/c1-34(2)13-11-24-15-26-17-36(5,6)21-30(32(26)40-28(24)19-34)39-23-38(9,10)42-31-22-37(7,8)18-27-16-25-12-14-35(3,4)20-29(25)41-33(27)31/h11-22,39,42H,23H2,1-10H3. The maximum Gasteiger partial charge on any atom is 0.0935 e. The quantitative estimate of drug-likeness (QED) is 0.535. The van der Waals surface area contributed by atoms with Gasteiger partial charge in [0.15, 0.2) is 0 Å². The van der Waals surface area contributed by atoms with Crippen molar-refractivity contribution in [3.63, 3.8) is 0 Å². The first-order chi connectivity index (χ1) is 19.4. The maximum atomic E-state index is 5.21. The summed E-state index contributed by atoms with van der Waals surface area (Å²) in [6, 6.07) is 4.59. The Morgan fingerprint density at radius 2 is 1.05 bits per heavy atom. The Morgan fingerprint density at radius 1 is 0.595 bits per heavy atom. The largest absolute Gasteiger partial charge is 0.381 e. The Balaban J connectivity index is 1.31. The van der Waals surface area contributed by atoms with Crippen molar-refractivity contribution in [2.45, 2.75) is 74.8 Å². The Hall–Kier alpha value is -3.66. The maximum absolute atomic E-state index is 5.21. The number of allylic oxidation sites excluding steroid dienone is 4. The number of pyridine rings is 2. The zero-order chi connectivity index (χ0) is 30.3. The molecule has 0 fully saturated rings. The summed E-state index contributed by atoms with van der Waals surface area (Å²) in [6.07, 6.45) is 22.8. The summed E-state index contributed by atoms with van der Waals surface area (Å²) in [5.41, 5.74) is 6.22. The van der Waals surface area contributed by atoms with Crippen LogP contribution in [-0.2, 0) is 0 Å². The molecule has 0 amide bonds. The van der Waals surface area contributed by atoms with Crippen LogP contribution in [0.15, 0.2) is 36.4 Å². The van der Waals surface area contributed by atoms with Crippen molar-refractivity contribution in [1.29, 1.82) is 0 Å². The minimum absolute atomic E-state index is 0.00131. The highest BCUT2D eigenvalue weighted by Crippen LogP contribution is 2.31. The van der Waals surface area contributed by atoms with E-state index in [2.05, 4.69) is 153 Å². The van der Waals surface area contributed by atoms with Crippen LogP contribution in [0.4, 0.5) is 0 Å². The van der Waals surface area contributed by atoms with E-state index >= 15 is 0 Å². The molecule has 2 aromatic heterocycles. The molecule has 2 aromatic rings. The van der Waals surface area contributed by atoms with E-state index in [0.29, 0.717) is 0 Å². The predicted octanol–water partition coefficient (Wildman–Crippen LogP) is 5.12. The van der Waals surface area contributed by atoms with Gasteiger partial charge in [-0.1, -0.05) is 91.8 Å². The monoisotopic (exact) mass is 558 g/mol. The highest BCUT2D eigenvalue weighted by molar-refractivity contribution is 5.73. The van der Waals surface area contributed by atoms with Gasteiger partial charge in [0.1, 0.15) is 0 Å². The molecule has 4 heteroatoms. The van der Waals surface area contributed by atoms with Crippen molar-refractivity contribution < 1.29 is 0 Å². The van der Waals surface area contributed by atoms with E-state index in [0.717, 1.165) is 40.0 Å². The summed E-state index contributed by atoms with van der Waals surface area (Å²) in [6.45, 7) is 23.2. The van der Waals surface area contributed by atoms with Gasteiger partial charge in [-0.25, -0.2) is 9.97 Å². The molecule has 4 aliphatic rings. The number of hydrogen-bond acceptors (Lipinski definition) is 4. The minimum atomic E-state index is -0.256. The first-order valence-electron chi connectivity index (χ1n) is 15.3. The molecule has 0 saturated heterocycles. The topological polar surface area (TPSA) is 49.8 Å². The molecule has 0 radical (unpaired) electrons. The van der Waals surface area contributed by atoms with Crippen LogP contribution in [0.25, 0.3) is 47.9 Å². The molecule has 0 aromatic carbocycles. The second-order valence-electron chi connectivity index (χ2n) is 15.8. The van der Waals surface area contributed by atoms with Crippen molar-refractivity contribution in [2.75, 3.05) is 6.54 Å². The molecule has 2 heterocycles. The van der Waals surface area contributed by atoms with Crippen molar-refractivity contribution in [2.24, 2.45) is 21.7 Å². The second-order valence-corrected chi connectivity index (χ2v) is 15.8. The third-order valence-corrected chi connectivity index (χ3v) is 8.42. The number of nitrogens with one attached hydrogen (secondary N) is 2. The molecule has 0 spiro atoms. The summed E-state index contributed by atoms with van der Waals surface area (Å²) in [5.74, 6) is 0. The van der Waals surface area contributed by atoms with E-state index in [1.54, 1.807) is 0 Å². The molecule has 6 rings (SSSR count). The average molecular weight is 559 g/mol. The average Bonchev–Trinajstić information content (AvgIpc) is 2.83. The molecular weight excluding hydrogens is 512 g/mol. The zero-order valence-electron chi connectivity index (χ0n) is 27.0. The van der Waals surface area contributed by atoms with Crippen LogP contribution >= 0.6 is 0 Å². The molecule has 4 nitrogen and oxygen atoms in total. The number of rotatable bonds is 5. The Labute approximate surface area is 251 Å². The smallest absolute Gasteiger partial charge is 0.0935 e. The lowest BCUT2D eigenvalue weighted by atomic mass is 9.83. The molecule has 0 unspecified atom stereocenters. The van der Waals surface area contributed by atoms with Crippen LogP contribution in [0.3, 0.4) is 0 Å². The van der Waals surface area contributed by atoms with Crippen LogP contribution in [0, 0.1) is 21.7 Å². The fraction of sp³-hybridized carbons (Fsp3) is 0.421. The van der Waals surface area contributed by atoms with E-state index in [1.165, 1.54) is 21.6 Å². The van der Waals surface area contributed by atoms with Crippen molar-refractivity contribution >= 4 is 47.9 Å². The fourth-order valence-electron chi connectivity index (χ4n) is 6.40. The van der Waals surface area contributed by atoms with Crippen LogP contribution in [-0.4, -0.2) is 22.1 Å². The fourth-order valence-corrected chi connectivity index (χ4v) is 6.40. The minimum Gasteiger partial charge on any atom is -0.381 e. The normalized spacial score (nSPS) is 21.4. The molecular formula is C38H46N4. The molecule has 0 bridgehead atoms. The third kappa shape index (κ3) is 5.69. The van der Waals surface area contributed by atoms with Gasteiger partial charge in [-0.15, -0.1) is 0 Å². The van der Waals surface area contributed by atoms with Gasteiger partial charge in [-0.2, -0.15) is 0 Å². The molecule has 4 aliphatic carbocycles. The van der Waals surface area contributed by atoms with Crippen molar-refractivity contribution in [1.82, 2.24) is 20.6 Å². The summed E-state index contributed by atoms with van der Waals surface area (Å²) in [5, 5.41) is 12.2. The number of aromatic nitrogens is 2. The summed E-state index contributed by atoms with van der Waals surface area (Å²) < 4.78 is 0. The Morgan fingerprint density at radius 3 is 1.55 bits per heavy atom. The Kier molecular flexibility index (Phi) is 6.21. The Bertz CT molecular complexity index is 1870. The van der Waals surface area contributed by atoms with Gasteiger partial charge in [-0.3, -0.25) is 0 Å². The van der Waals surface area contributed by atoms with E-state index in [4.69, 9.17) is 9.97 Å². The predicted molar refractivity (Wildman–Crippen MR) is 179 cm³/mol. The molecule has 0 aliphatic heterocycles. The summed E-state index contributed by atoms with van der Waals surface area (Å²) in [4.78, 5) is 10.4. The lowest BCUT2D eigenvalue weighted by Crippen LogP contribution is -2.48. The van der Waals surface area contributed by atoms with Crippen LogP contribution in [0.1, 0.15) is 91.8 Å². The van der Waals surface area contributed by atoms with Gasteiger partial charge in [0.2, 0.25) is 0 Å². The molecule has 2 N–H and O–H groups in total. The molecule has 0 atom stereocenters. The molecule has 0 saturated carbocycles. The van der Waals surface area contributed by atoms with E-state index in [1.807, 2.05) is 0 Å². The zero-order valence-corrected chi connectivity index (χ0v) is 27.0. The SMILES string of the molecule is CC1(C)C=C(NCC(C)(C)NC2=CC(C)(C)C=c3cc4c(nc32)=CC(C)(C)C=C4)c2nc3c(cc2=C1)C=CC(C)(C)C=3. The first-order valence-corrected chi connectivity index (χ1v) is 15.3. The van der Waals surface area contributed by atoms with Gasteiger partial charge >= 0.3 is 0 Å². The van der Waals surface area contributed by atoms with Crippen LogP contribution in [0.2, 0.25) is 0 Å². The number of fused-ring (bicyclic) bond motifs is 4. The highest BCUT2D eigenvalue weighted by atomic mass is 15.1. The number of nitrogens with zero attached hydrogens (tertiary/aromatic N) is 2. The molecule has 218 valence electrons. The summed E-state index contributed by atoms with van der Waals surface area (Å²) >= 11 is 0. The van der Waals surface area contributed by atoms with Gasteiger partial charge in [0, 0.05) is 44.9 Å². The summed E-state index contributed by atoms with van der Waals surface area (Å²) in [7, 11) is 0. The lowest BCUT2D eigenvalue weighted by Gasteiger charge is -2.34. The van der Waals surface area contributed by atoms with E-state index in [-0.39, 0.29) is 27.2 Å². The second kappa shape index (κ2) is 9.17. The van der Waals surface area contributed by atoms with Crippen LogP contribution < -0.4 is 31.8 Å². The van der Waals surface area contributed by atoms with Gasteiger partial charge in [0.05, 0.1) is 33.5 Å². The highest BCUT2D eigenvalue weighted by Gasteiger charge is 2.29. The van der Waals surface area contributed by atoms with Gasteiger partial charge < -0.3 is 10.6 Å². The lowest BCUT2D eigenvalue weighted by molar-refractivity contribution is 0.438. The first kappa shape index (κ1) is 28.5. The third-order valence-electron chi connectivity index (χ3n) is 8.42. The number of hydrogen-bond donors (Lipinski definition) is 2.